The van der Waals surface area contributed by atoms with E-state index in [1.165, 1.54) is 6.07 Å². The SMILES string of the molecule is C/C=C(\C(Cl)=NC)c1nc(NSc2cccc(F)n2)ccc1Cl. The quantitative estimate of drug-likeness (QED) is 0.454. The minimum atomic E-state index is -0.538. The van der Waals surface area contributed by atoms with Crippen LogP contribution in [0.3, 0.4) is 0 Å². The van der Waals surface area contributed by atoms with Crippen molar-refractivity contribution in [1.29, 1.82) is 0 Å². The van der Waals surface area contributed by atoms with Crippen LogP contribution in [-0.2, 0) is 0 Å². The molecule has 2 aromatic heterocycles. The van der Waals surface area contributed by atoms with Crippen LogP contribution < -0.4 is 4.72 Å². The lowest BCUT2D eigenvalue weighted by Crippen LogP contribution is -2.01. The number of hydrogen-bond donors (Lipinski definition) is 1. The molecule has 2 heterocycles. The van der Waals surface area contributed by atoms with Crippen LogP contribution in [0, 0.1) is 5.95 Å². The fourth-order valence-corrected chi connectivity index (χ4v) is 2.72. The van der Waals surface area contributed by atoms with Gasteiger partial charge in [-0.2, -0.15) is 4.39 Å². The third-order valence-corrected chi connectivity index (χ3v) is 4.18. The lowest BCUT2D eigenvalue weighted by atomic mass is 10.1. The summed E-state index contributed by atoms with van der Waals surface area (Å²) in [4.78, 5) is 12.1. The van der Waals surface area contributed by atoms with Gasteiger partial charge in [0, 0.05) is 24.6 Å². The molecule has 0 saturated heterocycles. The van der Waals surface area contributed by atoms with E-state index < -0.39 is 5.95 Å². The standard InChI is InChI=1S/C15H13Cl2FN4S/c1-3-9(15(17)19-2)14-10(16)7-8-12(21-14)22-23-13-6-4-5-11(18)20-13/h3-8H,1-2H3,(H,21,22)/b9-3-,19-15?. The Bertz CT molecular complexity index is 765. The van der Waals surface area contributed by atoms with E-state index in [2.05, 4.69) is 19.7 Å². The average Bonchev–Trinajstić information content (AvgIpc) is 2.55. The highest BCUT2D eigenvalue weighted by Crippen LogP contribution is 2.27. The fourth-order valence-electron chi connectivity index (χ4n) is 1.71. The zero-order valence-electron chi connectivity index (χ0n) is 12.3. The molecule has 0 unspecified atom stereocenters. The molecule has 8 heteroatoms. The number of aromatic nitrogens is 2. The highest BCUT2D eigenvalue weighted by Gasteiger charge is 2.13. The number of anilines is 1. The molecule has 120 valence electrons. The number of halogens is 3. The molecule has 4 nitrogen and oxygen atoms in total. The Morgan fingerprint density at radius 2 is 2.09 bits per heavy atom. The summed E-state index contributed by atoms with van der Waals surface area (Å²) in [6.07, 6.45) is 1.79. The Kier molecular flexibility index (Phi) is 6.38. The first-order valence-corrected chi connectivity index (χ1v) is 8.13. The van der Waals surface area contributed by atoms with Crippen molar-refractivity contribution in [2.24, 2.45) is 4.99 Å². The maximum absolute atomic E-state index is 13.1. The first kappa shape index (κ1) is 17.7. The third kappa shape index (κ3) is 4.67. The van der Waals surface area contributed by atoms with Crippen LogP contribution in [0.2, 0.25) is 5.02 Å². The van der Waals surface area contributed by atoms with Crippen LogP contribution in [0.5, 0.6) is 0 Å². The number of nitrogens with one attached hydrogen (secondary N) is 1. The summed E-state index contributed by atoms with van der Waals surface area (Å²) in [6, 6.07) is 7.97. The summed E-state index contributed by atoms with van der Waals surface area (Å²) < 4.78 is 16.1. The minimum absolute atomic E-state index is 0.318. The van der Waals surface area contributed by atoms with Crippen LogP contribution in [0.15, 0.2) is 46.4 Å². The van der Waals surface area contributed by atoms with Crippen molar-refractivity contribution < 1.29 is 4.39 Å². The van der Waals surface area contributed by atoms with Crippen LogP contribution in [-0.4, -0.2) is 22.2 Å². The van der Waals surface area contributed by atoms with Crippen LogP contribution in [0.1, 0.15) is 12.6 Å². The second-order valence-electron chi connectivity index (χ2n) is 4.25. The monoisotopic (exact) mass is 370 g/mol. The highest BCUT2D eigenvalue weighted by molar-refractivity contribution is 8.00. The van der Waals surface area contributed by atoms with E-state index >= 15 is 0 Å². The molecule has 0 saturated carbocycles. The van der Waals surface area contributed by atoms with Crippen molar-refractivity contribution in [2.45, 2.75) is 11.9 Å². The second-order valence-corrected chi connectivity index (χ2v) is 5.84. The molecule has 0 atom stereocenters. The van der Waals surface area contributed by atoms with Crippen LogP contribution in [0.4, 0.5) is 10.2 Å². The van der Waals surface area contributed by atoms with E-state index in [1.54, 1.807) is 37.4 Å². The first-order chi connectivity index (χ1) is 11.0. The maximum Gasteiger partial charge on any atom is 0.213 e. The molecule has 0 aliphatic heterocycles. The first-order valence-electron chi connectivity index (χ1n) is 6.56. The molecule has 0 aliphatic rings. The van der Waals surface area contributed by atoms with E-state index in [0.29, 0.717) is 32.3 Å². The Balaban J connectivity index is 2.23. The van der Waals surface area contributed by atoms with Crippen molar-refractivity contribution in [3.8, 4) is 0 Å². The zero-order chi connectivity index (χ0) is 16.8. The predicted molar refractivity (Wildman–Crippen MR) is 95.8 cm³/mol. The van der Waals surface area contributed by atoms with Gasteiger partial charge in [0.1, 0.15) is 16.0 Å². The van der Waals surface area contributed by atoms with E-state index in [4.69, 9.17) is 23.2 Å². The Morgan fingerprint density at radius 1 is 1.30 bits per heavy atom. The van der Waals surface area contributed by atoms with Crippen molar-refractivity contribution >= 4 is 51.7 Å². The molecular formula is C15H13Cl2FN4S. The predicted octanol–water partition coefficient (Wildman–Crippen LogP) is 5.06. The lowest BCUT2D eigenvalue weighted by Gasteiger charge is -2.10. The van der Waals surface area contributed by atoms with E-state index in [-0.39, 0.29) is 0 Å². The highest BCUT2D eigenvalue weighted by atomic mass is 35.5. The normalized spacial score (nSPS) is 12.4. The maximum atomic E-state index is 13.1. The Hall–Kier alpha value is -1.63. The van der Waals surface area contributed by atoms with Gasteiger partial charge in [-0.05, 0) is 31.2 Å². The van der Waals surface area contributed by atoms with Gasteiger partial charge in [0.15, 0.2) is 0 Å². The van der Waals surface area contributed by atoms with Gasteiger partial charge < -0.3 is 4.72 Å². The van der Waals surface area contributed by atoms with Gasteiger partial charge in [0.05, 0.1) is 10.7 Å². The van der Waals surface area contributed by atoms with Gasteiger partial charge in [0.2, 0.25) is 5.95 Å². The lowest BCUT2D eigenvalue weighted by molar-refractivity contribution is 0.572. The zero-order valence-corrected chi connectivity index (χ0v) is 14.7. The number of rotatable bonds is 5. The van der Waals surface area contributed by atoms with Crippen molar-refractivity contribution in [3.05, 3.63) is 53.1 Å². The number of allylic oxidation sites excluding steroid dienone is 2. The molecule has 0 radical (unpaired) electrons. The van der Waals surface area contributed by atoms with Crippen molar-refractivity contribution in [1.82, 2.24) is 9.97 Å². The summed E-state index contributed by atoms with van der Waals surface area (Å²) >= 11 is 13.4. The molecule has 0 aromatic carbocycles. The summed E-state index contributed by atoms with van der Waals surface area (Å²) in [7, 11) is 1.59. The summed E-state index contributed by atoms with van der Waals surface area (Å²) in [5.74, 6) is 0.00378. The van der Waals surface area contributed by atoms with Crippen molar-refractivity contribution in [3.63, 3.8) is 0 Å². The molecule has 2 rings (SSSR count). The van der Waals surface area contributed by atoms with E-state index in [1.807, 2.05) is 6.92 Å². The summed E-state index contributed by atoms with van der Waals surface area (Å²) in [5.41, 5.74) is 1.15. The fraction of sp³-hybridized carbons (Fsp3) is 0.133. The van der Waals surface area contributed by atoms with Gasteiger partial charge in [-0.1, -0.05) is 35.3 Å². The molecule has 2 aromatic rings. The van der Waals surface area contributed by atoms with E-state index in [0.717, 1.165) is 11.9 Å². The molecule has 0 aliphatic carbocycles. The van der Waals surface area contributed by atoms with Gasteiger partial charge >= 0.3 is 0 Å². The number of pyridine rings is 2. The van der Waals surface area contributed by atoms with Gasteiger partial charge in [0.25, 0.3) is 0 Å². The van der Waals surface area contributed by atoms with Crippen molar-refractivity contribution in [2.75, 3.05) is 11.8 Å². The average molecular weight is 371 g/mol. The number of hydrogen-bond acceptors (Lipinski definition) is 5. The molecule has 0 bridgehead atoms. The number of aliphatic imine (C=N–C) groups is 1. The largest absolute Gasteiger partial charge is 0.309 e. The van der Waals surface area contributed by atoms with Gasteiger partial charge in [-0.25, -0.2) is 9.97 Å². The van der Waals surface area contributed by atoms with Gasteiger partial charge in [-0.15, -0.1) is 0 Å². The summed E-state index contributed by atoms with van der Waals surface area (Å²) in [6.45, 7) is 1.83. The minimum Gasteiger partial charge on any atom is -0.309 e. The number of nitrogens with zero attached hydrogens (tertiary/aromatic N) is 3. The second kappa shape index (κ2) is 8.29. The summed E-state index contributed by atoms with van der Waals surface area (Å²) in [5, 5.41) is 1.26. The van der Waals surface area contributed by atoms with E-state index in [9.17, 15) is 4.39 Å². The third-order valence-electron chi connectivity index (χ3n) is 2.76. The van der Waals surface area contributed by atoms with Gasteiger partial charge in [-0.3, -0.25) is 4.99 Å². The Labute approximate surface area is 148 Å². The molecule has 23 heavy (non-hydrogen) atoms. The molecule has 1 N–H and O–H groups in total. The molecule has 0 amide bonds. The molecule has 0 fully saturated rings. The van der Waals surface area contributed by atoms with Crippen LogP contribution >= 0.6 is 35.1 Å². The molecule has 0 spiro atoms. The topological polar surface area (TPSA) is 50.2 Å². The van der Waals surface area contributed by atoms with Crippen LogP contribution in [0.25, 0.3) is 5.57 Å². The molecular weight excluding hydrogens is 358 g/mol. The Morgan fingerprint density at radius 3 is 2.74 bits per heavy atom. The smallest absolute Gasteiger partial charge is 0.213 e.